The third-order valence-corrected chi connectivity index (χ3v) is 5.64. The summed E-state index contributed by atoms with van der Waals surface area (Å²) in [6.45, 7) is 2.64. The third kappa shape index (κ3) is 4.36. The van der Waals surface area contributed by atoms with E-state index in [0.717, 1.165) is 51.1 Å². The van der Waals surface area contributed by atoms with Crippen LogP contribution in [0, 0.1) is 17.2 Å². The minimum atomic E-state index is -0.581. The summed E-state index contributed by atoms with van der Waals surface area (Å²) in [6, 6.07) is 13.0. The highest BCUT2D eigenvalue weighted by Gasteiger charge is 2.36. The van der Waals surface area contributed by atoms with Crippen molar-refractivity contribution in [3.8, 4) is 6.07 Å². The molecule has 2 fully saturated rings. The number of carbonyl (C=O) groups is 1. The van der Waals surface area contributed by atoms with Crippen molar-refractivity contribution in [3.63, 3.8) is 0 Å². The van der Waals surface area contributed by atoms with Crippen LogP contribution in [-0.2, 0) is 11.2 Å². The molecule has 1 aliphatic carbocycles. The maximum Gasteiger partial charge on any atom is 0.276 e. The van der Waals surface area contributed by atoms with Gasteiger partial charge in [0, 0.05) is 0 Å². The molecule has 24 heavy (non-hydrogen) atoms. The first-order valence-corrected chi connectivity index (χ1v) is 9.29. The molecule has 0 radical (unpaired) electrons. The molecule has 0 aromatic heterocycles. The first-order valence-electron chi connectivity index (χ1n) is 9.29. The van der Waals surface area contributed by atoms with Crippen LogP contribution >= 0.6 is 0 Å². The van der Waals surface area contributed by atoms with Gasteiger partial charge in [-0.1, -0.05) is 30.3 Å². The van der Waals surface area contributed by atoms with E-state index < -0.39 is 5.54 Å². The molecule has 4 nitrogen and oxygen atoms in total. The first kappa shape index (κ1) is 17.0. The molecule has 2 aliphatic rings. The molecule has 1 saturated heterocycles. The zero-order valence-corrected chi connectivity index (χ0v) is 14.4. The topological polar surface area (TPSA) is 57.3 Å². The van der Waals surface area contributed by atoms with E-state index in [-0.39, 0.29) is 5.91 Å². The smallest absolute Gasteiger partial charge is 0.276 e. The molecule has 1 heterocycles. The Hall–Kier alpha value is -1.86. The number of piperidine rings is 1. The molecule has 1 aromatic carbocycles. The van der Waals surface area contributed by atoms with Gasteiger partial charge in [-0.15, -0.1) is 0 Å². The average molecular weight is 326 g/mol. The Labute approximate surface area is 144 Å². The number of rotatable bonds is 5. The third-order valence-electron chi connectivity index (χ3n) is 5.64. The summed E-state index contributed by atoms with van der Waals surface area (Å²) in [5.41, 5.74) is 0.836. The van der Waals surface area contributed by atoms with Gasteiger partial charge in [0.05, 0.1) is 19.2 Å². The second-order valence-corrected chi connectivity index (χ2v) is 7.51. The minimum absolute atomic E-state index is 0.0509. The molecule has 1 saturated carbocycles. The largest absolute Gasteiger partial charge is 0.333 e. The van der Waals surface area contributed by atoms with Crippen LogP contribution < -0.4 is 10.2 Å². The van der Waals surface area contributed by atoms with Crippen LogP contribution in [0.15, 0.2) is 30.3 Å². The van der Waals surface area contributed by atoms with Crippen molar-refractivity contribution >= 4 is 5.91 Å². The van der Waals surface area contributed by atoms with Crippen molar-refractivity contribution in [2.75, 3.05) is 19.6 Å². The van der Waals surface area contributed by atoms with Crippen LogP contribution in [0.3, 0.4) is 0 Å². The van der Waals surface area contributed by atoms with Crippen molar-refractivity contribution in [3.05, 3.63) is 35.9 Å². The molecule has 128 valence electrons. The molecule has 4 heteroatoms. The van der Waals surface area contributed by atoms with E-state index in [9.17, 15) is 10.1 Å². The number of nitrogens with one attached hydrogen (secondary N) is 2. The van der Waals surface area contributed by atoms with Gasteiger partial charge in [0.25, 0.3) is 5.91 Å². The highest BCUT2D eigenvalue weighted by Crippen LogP contribution is 2.28. The van der Waals surface area contributed by atoms with Crippen LogP contribution in [0.1, 0.15) is 44.1 Å². The molecular weight excluding hydrogens is 298 g/mol. The highest BCUT2D eigenvalue weighted by molar-refractivity contribution is 5.78. The number of hydrogen-bond donors (Lipinski definition) is 2. The molecule has 3 rings (SSSR count). The van der Waals surface area contributed by atoms with Crippen molar-refractivity contribution < 1.29 is 9.69 Å². The standard InChI is InChI=1S/C20H27N3O/c21-16-20(10-4-5-11-20)22-19(24)15-23-12-8-18(9-13-23)14-17-6-2-1-3-7-17/h1-3,6-7,18H,4-5,8-15H2,(H,22,24)/p+1. The normalized spacial score (nSPS) is 25.8. The number of quaternary nitrogens is 1. The average Bonchev–Trinajstić information content (AvgIpc) is 3.06. The number of nitriles is 1. The molecule has 2 N–H and O–H groups in total. The number of hydrogen-bond acceptors (Lipinski definition) is 2. The Balaban J connectivity index is 1.42. The van der Waals surface area contributed by atoms with E-state index in [0.29, 0.717) is 6.54 Å². The van der Waals surface area contributed by atoms with E-state index in [1.807, 2.05) is 0 Å². The van der Waals surface area contributed by atoms with E-state index in [2.05, 4.69) is 41.7 Å². The molecule has 0 unspecified atom stereocenters. The predicted octanol–water partition coefficient (Wildman–Crippen LogP) is 1.48. The Morgan fingerprint density at radius 2 is 1.88 bits per heavy atom. The summed E-state index contributed by atoms with van der Waals surface area (Å²) >= 11 is 0. The second-order valence-electron chi connectivity index (χ2n) is 7.51. The molecule has 1 amide bonds. The van der Waals surface area contributed by atoms with E-state index in [4.69, 9.17) is 0 Å². The van der Waals surface area contributed by atoms with Crippen molar-refractivity contribution in [2.45, 2.75) is 50.5 Å². The summed E-state index contributed by atoms with van der Waals surface area (Å²) in [6.07, 6.45) is 7.23. The Kier molecular flexibility index (Phi) is 5.52. The number of carbonyl (C=O) groups excluding carboxylic acids is 1. The maximum absolute atomic E-state index is 12.3. The minimum Gasteiger partial charge on any atom is -0.333 e. The zero-order chi connectivity index (χ0) is 16.8. The van der Waals surface area contributed by atoms with E-state index >= 15 is 0 Å². The van der Waals surface area contributed by atoms with Crippen molar-refractivity contribution in [1.82, 2.24) is 5.32 Å². The van der Waals surface area contributed by atoms with Crippen LogP contribution in [-0.4, -0.2) is 31.1 Å². The summed E-state index contributed by atoms with van der Waals surface area (Å²) in [4.78, 5) is 13.7. The SMILES string of the molecule is N#CC1(NC(=O)C[NH+]2CCC(Cc3ccccc3)CC2)CCCC1. The predicted molar refractivity (Wildman–Crippen MR) is 93.4 cm³/mol. The van der Waals surface area contributed by atoms with Gasteiger partial charge in [-0.3, -0.25) is 4.79 Å². The van der Waals surface area contributed by atoms with Gasteiger partial charge in [-0.05, 0) is 56.4 Å². The van der Waals surface area contributed by atoms with Gasteiger partial charge in [0.15, 0.2) is 6.54 Å². The van der Waals surface area contributed by atoms with Gasteiger partial charge in [0.1, 0.15) is 5.54 Å². The molecule has 0 atom stereocenters. The Morgan fingerprint density at radius 1 is 1.21 bits per heavy atom. The lowest BCUT2D eigenvalue weighted by Gasteiger charge is -2.30. The van der Waals surface area contributed by atoms with Gasteiger partial charge < -0.3 is 10.2 Å². The number of likely N-dealkylation sites (tertiary alicyclic amines) is 1. The molecule has 1 aromatic rings. The Bertz CT molecular complexity index is 579. The van der Waals surface area contributed by atoms with Crippen LogP contribution in [0.5, 0.6) is 0 Å². The summed E-state index contributed by atoms with van der Waals surface area (Å²) < 4.78 is 0. The van der Waals surface area contributed by atoms with Crippen molar-refractivity contribution in [2.24, 2.45) is 5.92 Å². The fourth-order valence-corrected chi connectivity index (χ4v) is 4.20. The Morgan fingerprint density at radius 3 is 2.50 bits per heavy atom. The lowest BCUT2D eigenvalue weighted by molar-refractivity contribution is -0.898. The molecular formula is C20H28N3O+. The highest BCUT2D eigenvalue weighted by atomic mass is 16.2. The lowest BCUT2D eigenvalue weighted by Crippen LogP contribution is -3.14. The monoisotopic (exact) mass is 326 g/mol. The van der Waals surface area contributed by atoms with Crippen LogP contribution in [0.25, 0.3) is 0 Å². The summed E-state index contributed by atoms with van der Waals surface area (Å²) in [7, 11) is 0. The molecule has 0 spiro atoms. The lowest BCUT2D eigenvalue weighted by atomic mass is 9.90. The molecule has 1 aliphatic heterocycles. The number of nitrogens with zero attached hydrogens (tertiary/aromatic N) is 1. The molecule has 0 bridgehead atoms. The first-order chi connectivity index (χ1) is 11.7. The van der Waals surface area contributed by atoms with Crippen molar-refractivity contribution in [1.29, 1.82) is 5.26 Å². The van der Waals surface area contributed by atoms with E-state index in [1.54, 1.807) is 0 Å². The summed E-state index contributed by atoms with van der Waals surface area (Å²) in [5, 5.41) is 12.4. The van der Waals surface area contributed by atoms with Gasteiger partial charge in [-0.2, -0.15) is 5.26 Å². The number of benzene rings is 1. The van der Waals surface area contributed by atoms with Crippen LogP contribution in [0.4, 0.5) is 0 Å². The maximum atomic E-state index is 12.3. The van der Waals surface area contributed by atoms with Crippen LogP contribution in [0.2, 0.25) is 0 Å². The fourth-order valence-electron chi connectivity index (χ4n) is 4.20. The quantitative estimate of drug-likeness (QED) is 0.861. The fraction of sp³-hybridized carbons (Fsp3) is 0.600. The summed E-state index contributed by atoms with van der Waals surface area (Å²) in [5.74, 6) is 0.787. The second kappa shape index (κ2) is 7.81. The van der Waals surface area contributed by atoms with E-state index in [1.165, 1.54) is 23.3 Å². The number of amides is 1. The zero-order valence-electron chi connectivity index (χ0n) is 14.4. The van der Waals surface area contributed by atoms with Gasteiger partial charge >= 0.3 is 0 Å². The van der Waals surface area contributed by atoms with Gasteiger partial charge in [-0.25, -0.2) is 0 Å². The van der Waals surface area contributed by atoms with Gasteiger partial charge in [0.2, 0.25) is 0 Å².